The topological polar surface area (TPSA) is 62.3 Å². The van der Waals surface area contributed by atoms with Crippen LogP contribution in [-0.2, 0) is 24.1 Å². The Kier molecular flexibility index (Phi) is 4.76. The predicted octanol–water partition coefficient (Wildman–Crippen LogP) is 2.59. The van der Waals surface area contributed by atoms with Crippen molar-refractivity contribution in [2.75, 3.05) is 6.54 Å². The molecular formula is C20H23N3O2S. The van der Waals surface area contributed by atoms with Crippen LogP contribution in [-0.4, -0.2) is 40.3 Å². The van der Waals surface area contributed by atoms with Crippen molar-refractivity contribution in [1.29, 1.82) is 0 Å². The van der Waals surface area contributed by atoms with E-state index in [9.17, 15) is 9.59 Å². The van der Waals surface area contributed by atoms with Crippen molar-refractivity contribution in [2.24, 2.45) is 0 Å². The molecule has 0 spiro atoms. The first-order valence-corrected chi connectivity index (χ1v) is 10.1. The van der Waals surface area contributed by atoms with Crippen molar-refractivity contribution in [3.05, 3.63) is 51.5 Å². The van der Waals surface area contributed by atoms with Gasteiger partial charge in [0.1, 0.15) is 5.69 Å². The standard InChI is InChI=1S/C20H23N3O2S/c1-2-5-18-22-17(12-26-18)20(25)21-15-10-19(24)23(11-15)16-8-13-6-3-4-7-14(13)9-16/h3-4,6-7,12,15-16H,2,5,8-11H2,1H3,(H,21,25). The molecule has 1 aliphatic heterocycles. The minimum absolute atomic E-state index is 0.130. The van der Waals surface area contributed by atoms with E-state index < -0.39 is 0 Å². The van der Waals surface area contributed by atoms with Crippen LogP contribution in [0.25, 0.3) is 0 Å². The molecule has 1 aromatic heterocycles. The van der Waals surface area contributed by atoms with Crippen LogP contribution in [0.4, 0.5) is 0 Å². The quantitative estimate of drug-likeness (QED) is 0.881. The second-order valence-electron chi connectivity index (χ2n) is 7.13. The fourth-order valence-corrected chi connectivity index (χ4v) is 4.82. The van der Waals surface area contributed by atoms with E-state index >= 15 is 0 Å². The molecule has 136 valence electrons. The molecule has 6 heteroatoms. The number of likely N-dealkylation sites (tertiary alicyclic amines) is 1. The van der Waals surface area contributed by atoms with Gasteiger partial charge in [0.05, 0.1) is 11.0 Å². The van der Waals surface area contributed by atoms with E-state index in [1.807, 2.05) is 10.3 Å². The van der Waals surface area contributed by atoms with Crippen molar-refractivity contribution in [2.45, 2.75) is 51.1 Å². The van der Waals surface area contributed by atoms with Crippen LogP contribution in [0.3, 0.4) is 0 Å². The van der Waals surface area contributed by atoms with Gasteiger partial charge in [-0.1, -0.05) is 31.2 Å². The molecule has 0 radical (unpaired) electrons. The van der Waals surface area contributed by atoms with E-state index in [4.69, 9.17) is 0 Å². The average molecular weight is 369 g/mol. The number of benzene rings is 1. The maximum Gasteiger partial charge on any atom is 0.271 e. The zero-order valence-electron chi connectivity index (χ0n) is 14.9. The largest absolute Gasteiger partial charge is 0.346 e. The number of carbonyl (C=O) groups is 2. The number of hydrogen-bond acceptors (Lipinski definition) is 4. The van der Waals surface area contributed by atoms with Gasteiger partial charge in [0.15, 0.2) is 0 Å². The Morgan fingerprint density at radius 3 is 2.69 bits per heavy atom. The van der Waals surface area contributed by atoms with Gasteiger partial charge in [0.25, 0.3) is 5.91 Å². The number of aromatic nitrogens is 1. The van der Waals surface area contributed by atoms with Gasteiger partial charge < -0.3 is 10.2 Å². The third-order valence-electron chi connectivity index (χ3n) is 5.21. The molecule has 1 aliphatic carbocycles. The molecule has 1 aromatic carbocycles. The summed E-state index contributed by atoms with van der Waals surface area (Å²) in [6.07, 6.45) is 4.12. The molecular weight excluding hydrogens is 346 g/mol. The number of nitrogens with zero attached hydrogens (tertiary/aromatic N) is 2. The molecule has 1 unspecified atom stereocenters. The molecule has 0 bridgehead atoms. The Bertz CT molecular complexity index is 807. The maximum atomic E-state index is 12.5. The molecule has 1 N–H and O–H groups in total. The van der Waals surface area contributed by atoms with Gasteiger partial charge >= 0.3 is 0 Å². The third-order valence-corrected chi connectivity index (χ3v) is 6.12. The normalized spacial score (nSPS) is 19.8. The summed E-state index contributed by atoms with van der Waals surface area (Å²) in [4.78, 5) is 31.3. The molecule has 4 rings (SSSR count). The fraction of sp³-hybridized carbons (Fsp3) is 0.450. The van der Waals surface area contributed by atoms with Crippen LogP contribution >= 0.6 is 11.3 Å². The van der Waals surface area contributed by atoms with Gasteiger partial charge in [-0.25, -0.2) is 4.98 Å². The number of amides is 2. The highest BCUT2D eigenvalue weighted by atomic mass is 32.1. The molecule has 2 heterocycles. The number of rotatable bonds is 5. The number of nitrogens with one attached hydrogen (secondary N) is 1. The zero-order valence-corrected chi connectivity index (χ0v) is 15.7. The van der Waals surface area contributed by atoms with E-state index in [-0.39, 0.29) is 23.9 Å². The smallest absolute Gasteiger partial charge is 0.271 e. The SMILES string of the molecule is CCCc1nc(C(=O)NC2CC(=O)N(C3Cc4ccccc4C3)C2)cs1. The van der Waals surface area contributed by atoms with Crippen LogP contribution < -0.4 is 5.32 Å². The molecule has 0 saturated carbocycles. The molecule has 1 fully saturated rings. The lowest BCUT2D eigenvalue weighted by Crippen LogP contribution is -2.41. The Hall–Kier alpha value is -2.21. The summed E-state index contributed by atoms with van der Waals surface area (Å²) < 4.78 is 0. The van der Waals surface area contributed by atoms with E-state index in [0.717, 1.165) is 30.7 Å². The van der Waals surface area contributed by atoms with Crippen molar-refractivity contribution in [1.82, 2.24) is 15.2 Å². The first kappa shape index (κ1) is 17.2. The summed E-state index contributed by atoms with van der Waals surface area (Å²) in [5, 5.41) is 5.80. The first-order valence-electron chi connectivity index (χ1n) is 9.25. The average Bonchev–Trinajstić information content (AvgIpc) is 3.33. The highest BCUT2D eigenvalue weighted by Crippen LogP contribution is 2.28. The summed E-state index contributed by atoms with van der Waals surface area (Å²) in [6.45, 7) is 2.69. The van der Waals surface area contributed by atoms with Crippen LogP contribution in [0.2, 0.25) is 0 Å². The molecule has 2 aliphatic rings. The second kappa shape index (κ2) is 7.19. The summed E-state index contributed by atoms with van der Waals surface area (Å²) in [5.41, 5.74) is 3.14. The van der Waals surface area contributed by atoms with Crippen LogP contribution in [0.5, 0.6) is 0 Å². The van der Waals surface area contributed by atoms with Gasteiger partial charge in [-0.3, -0.25) is 9.59 Å². The second-order valence-corrected chi connectivity index (χ2v) is 8.07. The summed E-state index contributed by atoms with van der Waals surface area (Å²) in [7, 11) is 0. The minimum atomic E-state index is -0.169. The van der Waals surface area contributed by atoms with Crippen LogP contribution in [0.15, 0.2) is 29.6 Å². The molecule has 1 atom stereocenters. The van der Waals surface area contributed by atoms with Gasteiger partial charge in [0, 0.05) is 24.4 Å². The number of thiazole rings is 1. The molecule has 26 heavy (non-hydrogen) atoms. The van der Waals surface area contributed by atoms with Crippen LogP contribution in [0, 0.1) is 0 Å². The van der Waals surface area contributed by atoms with E-state index in [2.05, 4.69) is 41.5 Å². The highest BCUT2D eigenvalue weighted by molar-refractivity contribution is 7.09. The Labute approximate surface area is 157 Å². The summed E-state index contributed by atoms with van der Waals surface area (Å²) >= 11 is 1.53. The predicted molar refractivity (Wildman–Crippen MR) is 101 cm³/mol. The van der Waals surface area contributed by atoms with Gasteiger partial charge in [-0.05, 0) is 36.8 Å². The lowest BCUT2D eigenvalue weighted by Gasteiger charge is -2.24. The minimum Gasteiger partial charge on any atom is -0.346 e. The zero-order chi connectivity index (χ0) is 18.1. The first-order chi connectivity index (χ1) is 12.6. The Morgan fingerprint density at radius 1 is 1.27 bits per heavy atom. The molecule has 1 saturated heterocycles. The van der Waals surface area contributed by atoms with E-state index in [1.165, 1.54) is 22.5 Å². The lowest BCUT2D eigenvalue weighted by molar-refractivity contribution is -0.129. The number of carbonyl (C=O) groups excluding carboxylic acids is 2. The van der Waals surface area contributed by atoms with Gasteiger partial charge in [0.2, 0.25) is 5.91 Å². The van der Waals surface area contributed by atoms with E-state index in [1.54, 1.807) is 0 Å². The van der Waals surface area contributed by atoms with Gasteiger partial charge in [-0.15, -0.1) is 11.3 Å². The molecule has 2 aromatic rings. The van der Waals surface area contributed by atoms with Crippen molar-refractivity contribution >= 4 is 23.2 Å². The Balaban J connectivity index is 1.37. The van der Waals surface area contributed by atoms with E-state index in [0.29, 0.717) is 18.7 Å². The fourth-order valence-electron chi connectivity index (χ4n) is 3.94. The molecule has 2 amide bonds. The van der Waals surface area contributed by atoms with Crippen molar-refractivity contribution < 1.29 is 9.59 Å². The highest BCUT2D eigenvalue weighted by Gasteiger charge is 2.37. The van der Waals surface area contributed by atoms with Crippen molar-refractivity contribution in [3.8, 4) is 0 Å². The number of aryl methyl sites for hydroxylation is 1. The monoisotopic (exact) mass is 369 g/mol. The van der Waals surface area contributed by atoms with Crippen molar-refractivity contribution in [3.63, 3.8) is 0 Å². The summed E-state index contributed by atoms with van der Waals surface area (Å²) in [5.74, 6) is -0.0315. The Morgan fingerprint density at radius 2 is 2.00 bits per heavy atom. The third kappa shape index (κ3) is 3.38. The molecule has 5 nitrogen and oxygen atoms in total. The number of hydrogen-bond donors (Lipinski definition) is 1. The maximum absolute atomic E-state index is 12.5. The van der Waals surface area contributed by atoms with Gasteiger partial charge in [-0.2, -0.15) is 0 Å². The summed E-state index contributed by atoms with van der Waals surface area (Å²) in [6, 6.07) is 8.48. The lowest BCUT2D eigenvalue weighted by atomic mass is 10.1. The van der Waals surface area contributed by atoms with Crippen LogP contribution in [0.1, 0.15) is 46.4 Å². The number of fused-ring (bicyclic) bond motifs is 1.